The maximum Gasteiger partial charge on any atom is 0.264 e. The van der Waals surface area contributed by atoms with Gasteiger partial charge >= 0.3 is 0 Å². The minimum atomic E-state index is -2.50. The molecule has 0 amide bonds. The van der Waals surface area contributed by atoms with Crippen molar-refractivity contribution >= 4 is 0 Å². The summed E-state index contributed by atoms with van der Waals surface area (Å²) in [6.07, 6.45) is -0.529. The van der Waals surface area contributed by atoms with Gasteiger partial charge in [-0.25, -0.2) is 8.78 Å². The predicted molar refractivity (Wildman–Crippen MR) is 64.4 cm³/mol. The molecule has 1 aliphatic rings. The highest BCUT2D eigenvalue weighted by molar-refractivity contribution is 5.48. The van der Waals surface area contributed by atoms with E-state index in [0.717, 1.165) is 6.42 Å². The van der Waals surface area contributed by atoms with Gasteiger partial charge in [-0.05, 0) is 37.1 Å². The molecule has 1 aliphatic heterocycles. The van der Waals surface area contributed by atoms with Gasteiger partial charge in [0.2, 0.25) is 0 Å². The number of hydrogen-bond donors (Lipinski definition) is 1. The standard InChI is InChI=1S/C13H17F2NO2/c14-13(15)10-8-12-11(17-5-2-6-18-12)7-9(10)3-1-4-16/h7-8,13H,1-6,16H2. The largest absolute Gasteiger partial charge is 0.490 e. The molecule has 0 unspecified atom stereocenters. The monoisotopic (exact) mass is 257 g/mol. The van der Waals surface area contributed by atoms with Crippen LogP contribution in [-0.4, -0.2) is 19.8 Å². The lowest BCUT2D eigenvalue weighted by molar-refractivity contribution is 0.149. The van der Waals surface area contributed by atoms with Crippen molar-refractivity contribution in [3.05, 3.63) is 23.3 Å². The Morgan fingerprint density at radius 3 is 2.44 bits per heavy atom. The van der Waals surface area contributed by atoms with Gasteiger partial charge in [-0.2, -0.15) is 0 Å². The van der Waals surface area contributed by atoms with E-state index in [1.54, 1.807) is 6.07 Å². The van der Waals surface area contributed by atoms with Gasteiger partial charge in [-0.15, -0.1) is 0 Å². The molecule has 18 heavy (non-hydrogen) atoms. The second-order valence-electron chi connectivity index (χ2n) is 4.24. The number of benzene rings is 1. The number of nitrogens with two attached hydrogens (primary N) is 1. The van der Waals surface area contributed by atoms with Crippen LogP contribution in [0.2, 0.25) is 0 Å². The molecule has 1 heterocycles. The number of hydrogen-bond acceptors (Lipinski definition) is 3. The summed E-state index contributed by atoms with van der Waals surface area (Å²) in [4.78, 5) is 0. The SMILES string of the molecule is NCCCc1cc2c(cc1C(F)F)OCCCO2. The summed E-state index contributed by atoms with van der Waals surface area (Å²) in [5.41, 5.74) is 6.04. The maximum atomic E-state index is 13.0. The van der Waals surface area contributed by atoms with Gasteiger partial charge in [0.05, 0.1) is 13.2 Å². The Morgan fingerprint density at radius 2 is 1.83 bits per heavy atom. The second-order valence-corrected chi connectivity index (χ2v) is 4.24. The fourth-order valence-corrected chi connectivity index (χ4v) is 1.98. The molecule has 100 valence electrons. The third kappa shape index (κ3) is 2.90. The van der Waals surface area contributed by atoms with Crippen LogP contribution in [0.3, 0.4) is 0 Å². The van der Waals surface area contributed by atoms with Crippen molar-refractivity contribution in [2.24, 2.45) is 5.73 Å². The lowest BCUT2D eigenvalue weighted by atomic mass is 10.0. The molecule has 0 bridgehead atoms. The van der Waals surface area contributed by atoms with Crippen LogP contribution in [0.15, 0.2) is 12.1 Å². The quantitative estimate of drug-likeness (QED) is 0.902. The molecule has 0 atom stereocenters. The Balaban J connectivity index is 2.34. The molecule has 1 aromatic rings. The average Bonchev–Trinajstić information content (AvgIpc) is 2.59. The summed E-state index contributed by atoms with van der Waals surface area (Å²) in [6.45, 7) is 1.53. The molecular formula is C13H17F2NO2. The molecule has 0 aliphatic carbocycles. The van der Waals surface area contributed by atoms with E-state index >= 15 is 0 Å². The van der Waals surface area contributed by atoms with Gasteiger partial charge in [0.25, 0.3) is 6.43 Å². The van der Waals surface area contributed by atoms with Crippen LogP contribution in [0.25, 0.3) is 0 Å². The highest BCUT2D eigenvalue weighted by Crippen LogP contribution is 2.36. The molecule has 0 fully saturated rings. The van der Waals surface area contributed by atoms with Crippen LogP contribution in [-0.2, 0) is 6.42 Å². The van der Waals surface area contributed by atoms with Crippen molar-refractivity contribution < 1.29 is 18.3 Å². The summed E-state index contributed by atoms with van der Waals surface area (Å²) < 4.78 is 36.9. The molecule has 3 nitrogen and oxygen atoms in total. The Hall–Kier alpha value is -1.36. The first-order chi connectivity index (χ1) is 8.72. The van der Waals surface area contributed by atoms with Crippen molar-refractivity contribution in [2.45, 2.75) is 25.7 Å². The summed E-state index contributed by atoms with van der Waals surface area (Å²) in [5, 5.41) is 0. The first kappa shape index (κ1) is 13.1. The van der Waals surface area contributed by atoms with Gasteiger partial charge in [-0.1, -0.05) is 0 Å². The highest BCUT2D eigenvalue weighted by atomic mass is 19.3. The fraction of sp³-hybridized carbons (Fsp3) is 0.538. The van der Waals surface area contributed by atoms with Gasteiger partial charge in [-0.3, -0.25) is 0 Å². The van der Waals surface area contributed by atoms with Crippen molar-refractivity contribution in [1.29, 1.82) is 0 Å². The minimum Gasteiger partial charge on any atom is -0.490 e. The molecule has 1 aromatic carbocycles. The molecule has 5 heteroatoms. The molecule has 2 rings (SSSR count). The van der Waals surface area contributed by atoms with Gasteiger partial charge in [0.15, 0.2) is 11.5 Å². The fourth-order valence-electron chi connectivity index (χ4n) is 1.98. The van der Waals surface area contributed by atoms with E-state index in [4.69, 9.17) is 15.2 Å². The summed E-state index contributed by atoms with van der Waals surface area (Å²) in [6, 6.07) is 3.06. The van der Waals surface area contributed by atoms with Crippen LogP contribution in [0, 0.1) is 0 Å². The number of fused-ring (bicyclic) bond motifs is 1. The van der Waals surface area contributed by atoms with E-state index in [1.807, 2.05) is 0 Å². The normalized spacial score (nSPS) is 14.7. The van der Waals surface area contributed by atoms with E-state index in [0.29, 0.717) is 49.7 Å². The van der Waals surface area contributed by atoms with Crippen LogP contribution in [0.4, 0.5) is 8.78 Å². The number of halogens is 2. The van der Waals surface area contributed by atoms with Crippen LogP contribution in [0.5, 0.6) is 11.5 Å². The zero-order chi connectivity index (χ0) is 13.0. The maximum absolute atomic E-state index is 13.0. The third-order valence-corrected chi connectivity index (χ3v) is 2.89. The highest BCUT2D eigenvalue weighted by Gasteiger charge is 2.19. The van der Waals surface area contributed by atoms with Crippen LogP contribution < -0.4 is 15.2 Å². The van der Waals surface area contributed by atoms with E-state index in [1.165, 1.54) is 6.07 Å². The second kappa shape index (κ2) is 6.00. The van der Waals surface area contributed by atoms with Crippen molar-refractivity contribution in [1.82, 2.24) is 0 Å². The topological polar surface area (TPSA) is 44.5 Å². The molecular weight excluding hydrogens is 240 g/mol. The smallest absolute Gasteiger partial charge is 0.264 e. The Morgan fingerprint density at radius 1 is 1.17 bits per heavy atom. The molecule has 2 N–H and O–H groups in total. The molecule has 0 aromatic heterocycles. The number of rotatable bonds is 4. The Kier molecular flexibility index (Phi) is 4.36. The lowest BCUT2D eigenvalue weighted by Gasteiger charge is -2.14. The van der Waals surface area contributed by atoms with Crippen molar-refractivity contribution in [2.75, 3.05) is 19.8 Å². The molecule has 0 saturated heterocycles. The lowest BCUT2D eigenvalue weighted by Crippen LogP contribution is -2.04. The Bertz CT molecular complexity index is 410. The minimum absolute atomic E-state index is 0.0210. The van der Waals surface area contributed by atoms with E-state index in [2.05, 4.69) is 0 Å². The van der Waals surface area contributed by atoms with Gasteiger partial charge in [0, 0.05) is 12.0 Å². The molecule has 0 spiro atoms. The van der Waals surface area contributed by atoms with Crippen LogP contribution >= 0.6 is 0 Å². The number of alkyl halides is 2. The van der Waals surface area contributed by atoms with E-state index < -0.39 is 6.43 Å². The van der Waals surface area contributed by atoms with Gasteiger partial charge < -0.3 is 15.2 Å². The Labute approximate surface area is 105 Å². The first-order valence-corrected chi connectivity index (χ1v) is 6.13. The zero-order valence-electron chi connectivity index (χ0n) is 10.1. The number of ether oxygens (including phenoxy) is 2. The molecule has 0 radical (unpaired) electrons. The zero-order valence-corrected chi connectivity index (χ0v) is 10.1. The summed E-state index contributed by atoms with van der Waals surface area (Å²) in [7, 11) is 0. The van der Waals surface area contributed by atoms with E-state index in [-0.39, 0.29) is 5.56 Å². The predicted octanol–water partition coefficient (Wildman–Crippen LogP) is 2.68. The number of aryl methyl sites for hydroxylation is 1. The van der Waals surface area contributed by atoms with Gasteiger partial charge in [0.1, 0.15) is 0 Å². The van der Waals surface area contributed by atoms with Crippen molar-refractivity contribution in [3.8, 4) is 11.5 Å². The first-order valence-electron chi connectivity index (χ1n) is 6.13. The third-order valence-electron chi connectivity index (χ3n) is 2.89. The van der Waals surface area contributed by atoms with Crippen molar-refractivity contribution in [3.63, 3.8) is 0 Å². The van der Waals surface area contributed by atoms with E-state index in [9.17, 15) is 8.78 Å². The van der Waals surface area contributed by atoms with Crippen LogP contribution in [0.1, 0.15) is 30.4 Å². The summed E-state index contributed by atoms with van der Waals surface area (Å²) >= 11 is 0. The average molecular weight is 257 g/mol. The summed E-state index contributed by atoms with van der Waals surface area (Å²) in [5.74, 6) is 0.975. The molecule has 0 saturated carbocycles.